The maximum Gasteiger partial charge on any atom is 0.119 e. The van der Waals surface area contributed by atoms with Gasteiger partial charge in [0.15, 0.2) is 0 Å². The van der Waals surface area contributed by atoms with Gasteiger partial charge in [-0.15, -0.1) is 0 Å². The van der Waals surface area contributed by atoms with Crippen LogP contribution in [0.25, 0.3) is 0 Å². The van der Waals surface area contributed by atoms with Gasteiger partial charge in [0.25, 0.3) is 0 Å². The Morgan fingerprint density at radius 2 is 2.00 bits per heavy atom. The maximum atomic E-state index is 5.57. The normalized spacial score (nSPS) is 12.3. The second-order valence-electron chi connectivity index (χ2n) is 3.46. The summed E-state index contributed by atoms with van der Waals surface area (Å²) in [6, 6.07) is 9.99. The Bertz CT molecular complexity index is 386. The Hall–Kier alpha value is -1.96. The quantitative estimate of drug-likeness (QED) is 0.605. The van der Waals surface area contributed by atoms with Gasteiger partial charge in [-0.3, -0.25) is 0 Å². The van der Waals surface area contributed by atoms with Crippen LogP contribution in [0.5, 0.6) is 0 Å². The van der Waals surface area contributed by atoms with E-state index in [0.717, 1.165) is 11.3 Å². The highest BCUT2D eigenvalue weighted by molar-refractivity contribution is 5.19. The fourth-order valence-corrected chi connectivity index (χ4v) is 1.13. The average Bonchev–Trinajstić information content (AvgIpc) is 2.30. The summed E-state index contributed by atoms with van der Waals surface area (Å²) in [6.07, 6.45) is 5.27. The van der Waals surface area contributed by atoms with Gasteiger partial charge in [0.05, 0.1) is 0 Å². The van der Waals surface area contributed by atoms with E-state index in [-0.39, 0.29) is 0 Å². The molecule has 1 aromatic rings. The summed E-state index contributed by atoms with van der Waals surface area (Å²) in [5.74, 6) is 0.716. The van der Waals surface area contributed by atoms with Crippen molar-refractivity contribution in [3.8, 4) is 0 Å². The number of nitrogens with two attached hydrogens (primary N) is 1. The lowest BCUT2D eigenvalue weighted by Gasteiger charge is -2.06. The number of hydrogen-bond acceptors (Lipinski definition) is 2. The molecule has 0 bridgehead atoms. The molecule has 2 heteroatoms. The molecule has 2 nitrogen and oxygen atoms in total. The Morgan fingerprint density at radius 3 is 2.56 bits per heavy atom. The number of allylic oxidation sites excluding steroid dienone is 4. The lowest BCUT2D eigenvalue weighted by atomic mass is 10.2. The third kappa shape index (κ3) is 4.51. The molecule has 0 radical (unpaired) electrons. The SMILES string of the molecule is C=C/C(=C\C=C(/C)N)OCc1ccccc1. The minimum atomic E-state index is 0.538. The van der Waals surface area contributed by atoms with E-state index in [0.29, 0.717) is 12.4 Å². The number of benzene rings is 1. The van der Waals surface area contributed by atoms with E-state index < -0.39 is 0 Å². The zero-order valence-electron chi connectivity index (χ0n) is 9.52. The van der Waals surface area contributed by atoms with Gasteiger partial charge >= 0.3 is 0 Å². The van der Waals surface area contributed by atoms with Gasteiger partial charge in [0, 0.05) is 5.70 Å². The van der Waals surface area contributed by atoms with Crippen molar-refractivity contribution in [2.24, 2.45) is 5.73 Å². The first kappa shape index (κ1) is 12.1. The molecule has 0 aromatic heterocycles. The molecule has 0 unspecified atom stereocenters. The monoisotopic (exact) mass is 215 g/mol. The molecular formula is C14H17NO. The second-order valence-corrected chi connectivity index (χ2v) is 3.46. The highest BCUT2D eigenvalue weighted by Gasteiger charge is 1.93. The van der Waals surface area contributed by atoms with E-state index in [1.165, 1.54) is 0 Å². The van der Waals surface area contributed by atoms with Crippen molar-refractivity contribution in [2.75, 3.05) is 0 Å². The third-order valence-corrected chi connectivity index (χ3v) is 1.96. The molecule has 1 rings (SSSR count). The van der Waals surface area contributed by atoms with Gasteiger partial charge in [-0.1, -0.05) is 36.9 Å². The Morgan fingerprint density at radius 1 is 1.31 bits per heavy atom. The van der Waals surface area contributed by atoms with Crippen LogP contribution in [0.2, 0.25) is 0 Å². The van der Waals surface area contributed by atoms with E-state index in [2.05, 4.69) is 6.58 Å². The smallest absolute Gasteiger partial charge is 0.119 e. The van der Waals surface area contributed by atoms with Crippen LogP contribution in [-0.2, 0) is 11.3 Å². The van der Waals surface area contributed by atoms with Crippen LogP contribution in [-0.4, -0.2) is 0 Å². The van der Waals surface area contributed by atoms with Crippen molar-refractivity contribution >= 4 is 0 Å². The maximum absolute atomic E-state index is 5.57. The van der Waals surface area contributed by atoms with Crippen LogP contribution in [0, 0.1) is 0 Å². The van der Waals surface area contributed by atoms with Crippen LogP contribution in [0.1, 0.15) is 12.5 Å². The molecule has 0 atom stereocenters. The molecule has 0 aliphatic heterocycles. The topological polar surface area (TPSA) is 35.2 Å². The lowest BCUT2D eigenvalue weighted by Crippen LogP contribution is -1.92. The van der Waals surface area contributed by atoms with Crippen molar-refractivity contribution in [1.29, 1.82) is 0 Å². The first-order valence-corrected chi connectivity index (χ1v) is 5.15. The van der Waals surface area contributed by atoms with Gasteiger partial charge in [0.2, 0.25) is 0 Å². The van der Waals surface area contributed by atoms with Crippen LogP contribution in [0.3, 0.4) is 0 Å². The van der Waals surface area contributed by atoms with Crippen LogP contribution < -0.4 is 5.73 Å². The summed E-state index contributed by atoms with van der Waals surface area (Å²) in [5.41, 5.74) is 7.40. The predicted octanol–water partition coefficient (Wildman–Crippen LogP) is 3.14. The minimum absolute atomic E-state index is 0.538. The van der Waals surface area contributed by atoms with E-state index in [1.807, 2.05) is 43.3 Å². The lowest BCUT2D eigenvalue weighted by molar-refractivity contribution is 0.211. The number of rotatable bonds is 5. The van der Waals surface area contributed by atoms with Crippen LogP contribution in [0.15, 0.2) is 66.6 Å². The summed E-state index contributed by atoms with van der Waals surface area (Å²) < 4.78 is 5.57. The number of ether oxygens (including phenoxy) is 1. The molecule has 0 spiro atoms. The molecule has 1 aromatic carbocycles. The van der Waals surface area contributed by atoms with E-state index in [1.54, 1.807) is 12.2 Å². The fraction of sp³-hybridized carbons (Fsp3) is 0.143. The molecule has 84 valence electrons. The average molecular weight is 215 g/mol. The van der Waals surface area contributed by atoms with Gasteiger partial charge < -0.3 is 10.5 Å². The van der Waals surface area contributed by atoms with Crippen molar-refractivity contribution in [3.05, 3.63) is 72.2 Å². The standard InChI is InChI=1S/C14H17NO/c1-3-14(10-9-12(2)15)16-11-13-7-5-4-6-8-13/h3-10H,1,11,15H2,2H3/b12-9+,14-10+. The van der Waals surface area contributed by atoms with E-state index >= 15 is 0 Å². The summed E-state index contributed by atoms with van der Waals surface area (Å²) in [7, 11) is 0. The number of hydrogen-bond donors (Lipinski definition) is 1. The highest BCUT2D eigenvalue weighted by atomic mass is 16.5. The zero-order valence-corrected chi connectivity index (χ0v) is 9.52. The molecule has 0 saturated carbocycles. The molecule has 16 heavy (non-hydrogen) atoms. The zero-order chi connectivity index (χ0) is 11.8. The molecule has 2 N–H and O–H groups in total. The van der Waals surface area contributed by atoms with Crippen LogP contribution in [0.4, 0.5) is 0 Å². The largest absolute Gasteiger partial charge is 0.489 e. The predicted molar refractivity (Wildman–Crippen MR) is 67.5 cm³/mol. The Balaban J connectivity index is 2.56. The molecule has 0 fully saturated rings. The summed E-state index contributed by atoms with van der Waals surface area (Å²) in [5, 5.41) is 0. The summed E-state index contributed by atoms with van der Waals surface area (Å²) in [4.78, 5) is 0. The van der Waals surface area contributed by atoms with Crippen molar-refractivity contribution in [1.82, 2.24) is 0 Å². The van der Waals surface area contributed by atoms with Gasteiger partial charge in [-0.25, -0.2) is 0 Å². The van der Waals surface area contributed by atoms with Gasteiger partial charge in [-0.05, 0) is 30.7 Å². The van der Waals surface area contributed by atoms with Crippen molar-refractivity contribution in [2.45, 2.75) is 13.5 Å². The first-order chi connectivity index (χ1) is 7.72. The first-order valence-electron chi connectivity index (χ1n) is 5.15. The molecule has 0 saturated heterocycles. The Kier molecular flexibility index (Phi) is 4.93. The van der Waals surface area contributed by atoms with E-state index in [4.69, 9.17) is 10.5 Å². The summed E-state index contributed by atoms with van der Waals surface area (Å²) in [6.45, 7) is 6.05. The third-order valence-electron chi connectivity index (χ3n) is 1.96. The van der Waals surface area contributed by atoms with Crippen molar-refractivity contribution in [3.63, 3.8) is 0 Å². The fourth-order valence-electron chi connectivity index (χ4n) is 1.13. The van der Waals surface area contributed by atoms with E-state index in [9.17, 15) is 0 Å². The van der Waals surface area contributed by atoms with Crippen LogP contribution >= 0.6 is 0 Å². The second kappa shape index (κ2) is 6.51. The summed E-state index contributed by atoms with van der Waals surface area (Å²) >= 11 is 0. The molecular weight excluding hydrogens is 198 g/mol. The molecule has 0 aliphatic carbocycles. The minimum Gasteiger partial charge on any atom is -0.489 e. The molecule has 0 heterocycles. The van der Waals surface area contributed by atoms with Crippen molar-refractivity contribution < 1.29 is 4.74 Å². The Labute approximate surface area is 96.7 Å². The highest BCUT2D eigenvalue weighted by Crippen LogP contribution is 2.06. The van der Waals surface area contributed by atoms with Gasteiger partial charge in [-0.2, -0.15) is 0 Å². The molecule has 0 aliphatic rings. The molecule has 0 amide bonds. The van der Waals surface area contributed by atoms with Gasteiger partial charge in [0.1, 0.15) is 12.4 Å².